The molecule has 0 saturated heterocycles. The van der Waals surface area contributed by atoms with E-state index in [0.29, 0.717) is 5.92 Å². The molecule has 0 aliphatic heterocycles. The van der Waals surface area contributed by atoms with Crippen molar-refractivity contribution in [2.75, 3.05) is 0 Å². The van der Waals surface area contributed by atoms with Crippen molar-refractivity contribution in [3.63, 3.8) is 0 Å². The predicted molar refractivity (Wildman–Crippen MR) is 57.2 cm³/mol. The molecule has 1 aliphatic rings. The number of benzene rings is 1. The third-order valence-electron chi connectivity index (χ3n) is 2.90. The van der Waals surface area contributed by atoms with Crippen molar-refractivity contribution in [3.05, 3.63) is 36.2 Å². The number of rotatable bonds is 2. The van der Waals surface area contributed by atoms with Crippen LogP contribution in [0.4, 0.5) is 0 Å². The van der Waals surface area contributed by atoms with Crippen LogP contribution in [0.5, 0.6) is 0 Å². The maximum absolute atomic E-state index is 9.97. The number of aliphatic hydroxyl groups excluding tert-OH is 1. The van der Waals surface area contributed by atoms with E-state index < -0.39 is 0 Å². The van der Waals surface area contributed by atoms with Crippen LogP contribution in [0.3, 0.4) is 0 Å². The first kappa shape index (κ1) is 8.80. The summed E-state index contributed by atoms with van der Waals surface area (Å²) < 4.78 is 0. The molecular weight excluding hydrogens is 188 g/mol. The first-order valence-electron chi connectivity index (χ1n) is 5.23. The van der Waals surface area contributed by atoms with E-state index in [9.17, 15) is 5.11 Å². The Morgan fingerprint density at radius 3 is 2.60 bits per heavy atom. The SMILES string of the molecule is OC(c1ccc2nccnc2c1)C1CC1. The van der Waals surface area contributed by atoms with Gasteiger partial charge < -0.3 is 5.11 Å². The van der Waals surface area contributed by atoms with Gasteiger partial charge in [0.25, 0.3) is 0 Å². The fourth-order valence-corrected chi connectivity index (χ4v) is 1.85. The molecule has 76 valence electrons. The lowest BCUT2D eigenvalue weighted by atomic mass is 10.0. The number of aliphatic hydroxyl groups is 1. The third kappa shape index (κ3) is 1.59. The Morgan fingerprint density at radius 2 is 1.87 bits per heavy atom. The molecule has 1 unspecified atom stereocenters. The standard InChI is InChI=1S/C12H12N2O/c15-12(8-1-2-8)9-3-4-10-11(7-9)14-6-5-13-10/h3-8,12,15H,1-2H2. The topological polar surface area (TPSA) is 46.0 Å². The highest BCUT2D eigenvalue weighted by Crippen LogP contribution is 2.41. The van der Waals surface area contributed by atoms with Gasteiger partial charge in [-0.25, -0.2) is 0 Å². The zero-order chi connectivity index (χ0) is 10.3. The molecule has 1 aliphatic carbocycles. The van der Waals surface area contributed by atoms with Gasteiger partial charge in [0.05, 0.1) is 17.1 Å². The van der Waals surface area contributed by atoms with Crippen molar-refractivity contribution in [3.8, 4) is 0 Å². The number of aromatic nitrogens is 2. The summed E-state index contributed by atoms with van der Waals surface area (Å²) in [6, 6.07) is 5.80. The van der Waals surface area contributed by atoms with Crippen LogP contribution >= 0.6 is 0 Å². The van der Waals surface area contributed by atoms with Crippen LogP contribution in [0.25, 0.3) is 11.0 Å². The molecule has 3 heteroatoms. The molecule has 1 fully saturated rings. The van der Waals surface area contributed by atoms with Crippen molar-refractivity contribution in [2.24, 2.45) is 5.92 Å². The summed E-state index contributed by atoms with van der Waals surface area (Å²) in [6.07, 6.45) is 5.31. The van der Waals surface area contributed by atoms with Gasteiger partial charge in [0, 0.05) is 12.4 Å². The average Bonchev–Trinajstić information content (AvgIpc) is 3.11. The summed E-state index contributed by atoms with van der Waals surface area (Å²) in [5, 5.41) is 9.97. The Kier molecular flexibility index (Phi) is 1.92. The monoisotopic (exact) mass is 200 g/mol. The first-order valence-corrected chi connectivity index (χ1v) is 5.23. The average molecular weight is 200 g/mol. The zero-order valence-electron chi connectivity index (χ0n) is 8.30. The fourth-order valence-electron chi connectivity index (χ4n) is 1.85. The molecule has 1 heterocycles. The Hall–Kier alpha value is -1.48. The van der Waals surface area contributed by atoms with Crippen LogP contribution < -0.4 is 0 Å². The maximum Gasteiger partial charge on any atom is 0.0890 e. The van der Waals surface area contributed by atoms with E-state index >= 15 is 0 Å². The highest BCUT2D eigenvalue weighted by Gasteiger charge is 2.30. The summed E-state index contributed by atoms with van der Waals surface area (Å²) in [5.41, 5.74) is 2.70. The Labute approximate surface area is 87.8 Å². The Morgan fingerprint density at radius 1 is 1.13 bits per heavy atom. The molecule has 1 atom stereocenters. The van der Waals surface area contributed by atoms with E-state index in [0.717, 1.165) is 29.4 Å². The molecule has 3 rings (SSSR count). The van der Waals surface area contributed by atoms with Crippen LogP contribution in [-0.4, -0.2) is 15.1 Å². The van der Waals surface area contributed by atoms with E-state index in [1.807, 2.05) is 18.2 Å². The van der Waals surface area contributed by atoms with Gasteiger partial charge in [-0.15, -0.1) is 0 Å². The van der Waals surface area contributed by atoms with E-state index in [1.54, 1.807) is 12.4 Å². The smallest absolute Gasteiger partial charge is 0.0890 e. The minimum Gasteiger partial charge on any atom is -0.388 e. The van der Waals surface area contributed by atoms with Gasteiger partial charge in [-0.2, -0.15) is 0 Å². The van der Waals surface area contributed by atoms with Gasteiger partial charge in [0.1, 0.15) is 0 Å². The van der Waals surface area contributed by atoms with Gasteiger partial charge in [-0.3, -0.25) is 9.97 Å². The first-order chi connectivity index (χ1) is 7.34. The summed E-state index contributed by atoms with van der Waals surface area (Å²) in [6.45, 7) is 0. The molecule has 1 N–H and O–H groups in total. The maximum atomic E-state index is 9.97. The van der Waals surface area contributed by atoms with Crippen molar-refractivity contribution >= 4 is 11.0 Å². The van der Waals surface area contributed by atoms with Crippen molar-refractivity contribution in [1.29, 1.82) is 0 Å². The van der Waals surface area contributed by atoms with Gasteiger partial charge in [0.2, 0.25) is 0 Å². The van der Waals surface area contributed by atoms with E-state index in [-0.39, 0.29) is 6.10 Å². The number of fused-ring (bicyclic) bond motifs is 1. The second-order valence-electron chi connectivity index (χ2n) is 4.09. The van der Waals surface area contributed by atoms with Gasteiger partial charge in [-0.05, 0) is 36.5 Å². The van der Waals surface area contributed by atoms with Crippen LogP contribution in [0.15, 0.2) is 30.6 Å². The number of nitrogens with zero attached hydrogens (tertiary/aromatic N) is 2. The third-order valence-corrected chi connectivity index (χ3v) is 2.90. The summed E-state index contributed by atoms with van der Waals surface area (Å²) in [5.74, 6) is 0.458. The highest BCUT2D eigenvalue weighted by molar-refractivity contribution is 5.74. The molecule has 0 bridgehead atoms. The Balaban J connectivity index is 2.05. The number of hydrogen-bond donors (Lipinski definition) is 1. The molecule has 2 aromatic rings. The normalized spacial score (nSPS) is 17.9. The Bertz CT molecular complexity index is 494. The molecule has 1 saturated carbocycles. The quantitative estimate of drug-likeness (QED) is 0.807. The lowest BCUT2D eigenvalue weighted by Gasteiger charge is -2.09. The molecule has 15 heavy (non-hydrogen) atoms. The van der Waals surface area contributed by atoms with Crippen LogP contribution in [0.2, 0.25) is 0 Å². The molecule has 0 spiro atoms. The minimum absolute atomic E-state index is 0.323. The van der Waals surface area contributed by atoms with Crippen LogP contribution in [0, 0.1) is 5.92 Å². The molecule has 3 nitrogen and oxygen atoms in total. The molecule has 1 aromatic heterocycles. The predicted octanol–water partition coefficient (Wildman–Crippen LogP) is 2.07. The summed E-state index contributed by atoms with van der Waals surface area (Å²) in [7, 11) is 0. The molecule has 1 aromatic carbocycles. The van der Waals surface area contributed by atoms with E-state index in [1.165, 1.54) is 0 Å². The molecule has 0 radical (unpaired) electrons. The largest absolute Gasteiger partial charge is 0.388 e. The second-order valence-corrected chi connectivity index (χ2v) is 4.09. The van der Waals surface area contributed by atoms with Gasteiger partial charge >= 0.3 is 0 Å². The molecule has 0 amide bonds. The van der Waals surface area contributed by atoms with Crippen molar-refractivity contribution < 1.29 is 5.11 Å². The summed E-state index contributed by atoms with van der Waals surface area (Å²) >= 11 is 0. The second kappa shape index (κ2) is 3.28. The number of hydrogen-bond acceptors (Lipinski definition) is 3. The highest BCUT2D eigenvalue weighted by atomic mass is 16.3. The van der Waals surface area contributed by atoms with Crippen LogP contribution in [0.1, 0.15) is 24.5 Å². The van der Waals surface area contributed by atoms with Gasteiger partial charge in [0.15, 0.2) is 0 Å². The molecular formula is C12H12N2O. The summed E-state index contributed by atoms with van der Waals surface area (Å²) in [4.78, 5) is 8.43. The minimum atomic E-state index is -0.323. The lowest BCUT2D eigenvalue weighted by molar-refractivity contribution is 0.154. The zero-order valence-corrected chi connectivity index (χ0v) is 8.30. The lowest BCUT2D eigenvalue weighted by Crippen LogP contribution is -1.99. The van der Waals surface area contributed by atoms with Gasteiger partial charge in [-0.1, -0.05) is 6.07 Å². The van der Waals surface area contributed by atoms with Crippen molar-refractivity contribution in [1.82, 2.24) is 9.97 Å². The van der Waals surface area contributed by atoms with E-state index in [4.69, 9.17) is 0 Å². The van der Waals surface area contributed by atoms with Crippen molar-refractivity contribution in [2.45, 2.75) is 18.9 Å². The fraction of sp³-hybridized carbons (Fsp3) is 0.333. The van der Waals surface area contributed by atoms with E-state index in [2.05, 4.69) is 9.97 Å². The van der Waals surface area contributed by atoms with Crippen LogP contribution in [-0.2, 0) is 0 Å².